The molecule has 1 aromatic rings. The van der Waals surface area contributed by atoms with Gasteiger partial charge in [0.25, 0.3) is 0 Å². The summed E-state index contributed by atoms with van der Waals surface area (Å²) in [5, 5.41) is 11.4. The second-order valence-electron chi connectivity index (χ2n) is 8.35. The van der Waals surface area contributed by atoms with E-state index >= 15 is 0 Å². The molecular weight excluding hydrogens is 386 g/mol. The van der Waals surface area contributed by atoms with E-state index in [1.165, 1.54) is 0 Å². The number of nitrogens with one attached hydrogen (secondary N) is 1. The molecule has 0 aliphatic rings. The van der Waals surface area contributed by atoms with Gasteiger partial charge in [-0.05, 0) is 53.9 Å². The Labute approximate surface area is 181 Å². The van der Waals surface area contributed by atoms with Crippen LogP contribution in [0.2, 0.25) is 0 Å². The first kappa shape index (κ1) is 28.1. The lowest BCUT2D eigenvalue weighted by atomic mass is 9.90. The maximum absolute atomic E-state index is 12.0. The van der Waals surface area contributed by atoms with Crippen molar-refractivity contribution in [2.75, 3.05) is 26.9 Å². The Kier molecular flexibility index (Phi) is 14.0. The molecular formula is C22H41N3O5. The van der Waals surface area contributed by atoms with Gasteiger partial charge in [0.05, 0.1) is 18.3 Å². The molecule has 1 amide bonds. The van der Waals surface area contributed by atoms with Crippen LogP contribution in [0.25, 0.3) is 0 Å². The molecule has 2 unspecified atom stereocenters. The van der Waals surface area contributed by atoms with Crippen LogP contribution in [-0.4, -0.2) is 59.5 Å². The molecule has 8 heteroatoms. The van der Waals surface area contributed by atoms with Crippen molar-refractivity contribution < 1.29 is 24.2 Å². The highest BCUT2D eigenvalue weighted by atomic mass is 16.5. The van der Waals surface area contributed by atoms with E-state index < -0.39 is 5.41 Å². The lowest BCUT2D eigenvalue weighted by Crippen LogP contribution is -2.36. The number of ether oxygens (including phenoxy) is 2. The van der Waals surface area contributed by atoms with Gasteiger partial charge in [-0.2, -0.15) is 0 Å². The number of aliphatic hydroxyl groups excluding tert-OH is 1. The van der Waals surface area contributed by atoms with Crippen LogP contribution in [0.15, 0.2) is 18.7 Å². The molecule has 0 aliphatic carbocycles. The minimum Gasteiger partial charge on any atom is -0.463 e. The van der Waals surface area contributed by atoms with Crippen molar-refractivity contribution in [3.8, 4) is 0 Å². The molecule has 2 N–H and O–H groups in total. The Morgan fingerprint density at radius 2 is 1.90 bits per heavy atom. The highest BCUT2D eigenvalue weighted by molar-refractivity contribution is 5.78. The zero-order valence-electron chi connectivity index (χ0n) is 19.7. The van der Waals surface area contributed by atoms with Gasteiger partial charge in [-0.1, -0.05) is 6.92 Å². The second-order valence-corrected chi connectivity index (χ2v) is 8.35. The van der Waals surface area contributed by atoms with E-state index in [2.05, 4.69) is 24.1 Å². The predicted octanol–water partition coefficient (Wildman–Crippen LogP) is 2.97. The molecule has 1 heterocycles. The standard InChI is InChI=1S/C13H23N3O.C9H18O4/c1-5-12(13(17)15-10(2)3)8-11(4)16-7-6-14-9-16;1-9(2,4-6-12-3)8(11)13-7-5-10/h6-7,9-12H,5,8H2,1-4H3,(H,15,17);10H,4-7H2,1-3H3. The SMILES string of the molecule is CCC(CC(C)n1ccnc1)C(=O)NC(C)C.COCCC(C)(C)C(=O)OCCO. The molecule has 0 bridgehead atoms. The van der Waals surface area contributed by atoms with Crippen molar-refractivity contribution in [3.05, 3.63) is 18.7 Å². The molecule has 0 radical (unpaired) electrons. The third-order valence-corrected chi connectivity index (χ3v) is 4.76. The minimum atomic E-state index is -0.537. The minimum absolute atomic E-state index is 0.0647. The van der Waals surface area contributed by atoms with Crippen molar-refractivity contribution in [3.63, 3.8) is 0 Å². The van der Waals surface area contributed by atoms with Crippen LogP contribution in [0.4, 0.5) is 0 Å². The Morgan fingerprint density at radius 3 is 2.37 bits per heavy atom. The summed E-state index contributed by atoms with van der Waals surface area (Å²) in [5.74, 6) is -0.0529. The van der Waals surface area contributed by atoms with E-state index in [1.807, 2.05) is 24.6 Å². The summed E-state index contributed by atoms with van der Waals surface area (Å²) in [6.45, 7) is 12.2. The molecule has 0 fully saturated rings. The number of aromatic nitrogens is 2. The van der Waals surface area contributed by atoms with Crippen LogP contribution >= 0.6 is 0 Å². The molecule has 30 heavy (non-hydrogen) atoms. The summed E-state index contributed by atoms with van der Waals surface area (Å²) in [6, 6.07) is 0.514. The molecule has 0 saturated carbocycles. The van der Waals surface area contributed by atoms with Gasteiger partial charge < -0.3 is 24.5 Å². The molecule has 8 nitrogen and oxygen atoms in total. The van der Waals surface area contributed by atoms with Crippen molar-refractivity contribution >= 4 is 11.9 Å². The number of hydrogen-bond donors (Lipinski definition) is 2. The van der Waals surface area contributed by atoms with Gasteiger partial charge in [0.15, 0.2) is 0 Å². The van der Waals surface area contributed by atoms with Crippen LogP contribution in [0, 0.1) is 11.3 Å². The van der Waals surface area contributed by atoms with Crippen LogP contribution in [0.5, 0.6) is 0 Å². The van der Waals surface area contributed by atoms with E-state index in [9.17, 15) is 9.59 Å². The number of esters is 1. The normalized spacial score (nSPS) is 13.2. The summed E-state index contributed by atoms with van der Waals surface area (Å²) >= 11 is 0. The third kappa shape index (κ3) is 11.3. The lowest BCUT2D eigenvalue weighted by Gasteiger charge is -2.21. The number of carbonyl (C=O) groups is 2. The highest BCUT2D eigenvalue weighted by Crippen LogP contribution is 2.22. The molecule has 0 aromatic carbocycles. The molecule has 2 atom stereocenters. The van der Waals surface area contributed by atoms with Crippen LogP contribution in [0.3, 0.4) is 0 Å². The number of hydrogen-bond acceptors (Lipinski definition) is 6. The van der Waals surface area contributed by atoms with Crippen molar-refractivity contribution in [2.24, 2.45) is 11.3 Å². The fraction of sp³-hybridized carbons (Fsp3) is 0.773. The van der Waals surface area contributed by atoms with Crippen LogP contribution < -0.4 is 5.32 Å². The molecule has 0 saturated heterocycles. The van der Waals surface area contributed by atoms with Crippen LogP contribution in [-0.2, 0) is 19.1 Å². The van der Waals surface area contributed by atoms with Crippen LogP contribution in [0.1, 0.15) is 66.8 Å². The lowest BCUT2D eigenvalue weighted by molar-refractivity contribution is -0.155. The van der Waals surface area contributed by atoms with Crippen molar-refractivity contribution in [1.82, 2.24) is 14.9 Å². The van der Waals surface area contributed by atoms with Gasteiger partial charge in [0, 0.05) is 44.1 Å². The first-order valence-corrected chi connectivity index (χ1v) is 10.6. The van der Waals surface area contributed by atoms with Crippen molar-refractivity contribution in [1.29, 1.82) is 0 Å². The summed E-state index contributed by atoms with van der Waals surface area (Å²) < 4.78 is 11.7. The average Bonchev–Trinajstić information content (AvgIpc) is 3.23. The first-order chi connectivity index (χ1) is 14.1. The third-order valence-electron chi connectivity index (χ3n) is 4.76. The first-order valence-electron chi connectivity index (χ1n) is 10.6. The highest BCUT2D eigenvalue weighted by Gasteiger charge is 2.28. The Hall–Kier alpha value is -1.93. The summed E-state index contributed by atoms with van der Waals surface area (Å²) in [4.78, 5) is 27.3. The molecule has 0 aliphatic heterocycles. The monoisotopic (exact) mass is 427 g/mol. The fourth-order valence-corrected chi connectivity index (χ4v) is 2.72. The number of rotatable bonds is 12. The Bertz CT molecular complexity index is 588. The van der Waals surface area contributed by atoms with Gasteiger partial charge >= 0.3 is 5.97 Å². The number of imidazole rings is 1. The average molecular weight is 428 g/mol. The van der Waals surface area contributed by atoms with Gasteiger partial charge in [0.1, 0.15) is 6.61 Å². The number of methoxy groups -OCH3 is 1. The number of carbonyl (C=O) groups excluding carboxylic acids is 2. The maximum atomic E-state index is 12.0. The van der Waals surface area contributed by atoms with Gasteiger partial charge in [0.2, 0.25) is 5.91 Å². The molecule has 174 valence electrons. The predicted molar refractivity (Wildman–Crippen MR) is 117 cm³/mol. The fourth-order valence-electron chi connectivity index (χ4n) is 2.72. The number of aliphatic hydroxyl groups is 1. The molecule has 0 spiro atoms. The Balaban J connectivity index is 0.000000584. The van der Waals surface area contributed by atoms with Crippen molar-refractivity contribution in [2.45, 2.75) is 72.9 Å². The summed E-state index contributed by atoms with van der Waals surface area (Å²) in [6.07, 6.45) is 7.86. The van der Waals surface area contributed by atoms with Gasteiger partial charge in [-0.15, -0.1) is 0 Å². The zero-order valence-corrected chi connectivity index (χ0v) is 19.7. The topological polar surface area (TPSA) is 103 Å². The maximum Gasteiger partial charge on any atom is 0.311 e. The van der Waals surface area contributed by atoms with E-state index in [1.54, 1.807) is 33.5 Å². The smallest absolute Gasteiger partial charge is 0.311 e. The Morgan fingerprint density at radius 1 is 1.23 bits per heavy atom. The summed E-state index contributed by atoms with van der Waals surface area (Å²) in [5.41, 5.74) is -0.537. The van der Waals surface area contributed by atoms with E-state index in [0.717, 1.165) is 12.8 Å². The van der Waals surface area contributed by atoms with E-state index in [0.29, 0.717) is 19.1 Å². The number of nitrogens with zero attached hydrogens (tertiary/aromatic N) is 2. The van der Waals surface area contributed by atoms with E-state index in [4.69, 9.17) is 14.6 Å². The second kappa shape index (κ2) is 15.0. The molecule has 1 rings (SSSR count). The quantitative estimate of drug-likeness (QED) is 0.497. The number of amides is 1. The van der Waals surface area contributed by atoms with Gasteiger partial charge in [-0.3, -0.25) is 9.59 Å². The molecule has 1 aromatic heterocycles. The summed E-state index contributed by atoms with van der Waals surface area (Å²) in [7, 11) is 1.59. The van der Waals surface area contributed by atoms with E-state index in [-0.39, 0.29) is 37.0 Å². The zero-order chi connectivity index (χ0) is 23.2. The largest absolute Gasteiger partial charge is 0.463 e. The van der Waals surface area contributed by atoms with Gasteiger partial charge in [-0.25, -0.2) is 4.98 Å².